The van der Waals surface area contributed by atoms with Crippen LogP contribution in [-0.4, -0.2) is 54.0 Å². The molecule has 0 saturated carbocycles. The molecule has 5 rings (SSSR count). The average molecular weight is 427 g/mol. The molecule has 1 unspecified atom stereocenters. The molecule has 0 spiro atoms. The van der Waals surface area contributed by atoms with Gasteiger partial charge in [0.2, 0.25) is 5.91 Å². The third-order valence-electron chi connectivity index (χ3n) is 6.03. The Morgan fingerprint density at radius 1 is 1.20 bits per heavy atom. The van der Waals surface area contributed by atoms with Crippen LogP contribution in [0.25, 0.3) is 0 Å². The molecule has 2 aromatic rings. The maximum Gasteiger partial charge on any atom is 0.255 e. The first-order chi connectivity index (χ1) is 14.7. The molecule has 1 atom stereocenters. The maximum atomic E-state index is 13.0. The zero-order chi connectivity index (χ0) is 20.5. The minimum absolute atomic E-state index is 0.102. The summed E-state index contributed by atoms with van der Waals surface area (Å²) in [6.45, 7) is 3.34. The second kappa shape index (κ2) is 8.45. The predicted octanol–water partition coefficient (Wildman–Crippen LogP) is 2.60. The highest BCUT2D eigenvalue weighted by molar-refractivity contribution is 7.15. The first-order valence-electron chi connectivity index (χ1n) is 10.7. The van der Waals surface area contributed by atoms with E-state index in [0.717, 1.165) is 61.5 Å². The van der Waals surface area contributed by atoms with Gasteiger partial charge in [-0.3, -0.25) is 19.8 Å². The van der Waals surface area contributed by atoms with Crippen LogP contribution in [0.3, 0.4) is 0 Å². The van der Waals surface area contributed by atoms with Crippen molar-refractivity contribution >= 4 is 34.0 Å². The van der Waals surface area contributed by atoms with Gasteiger partial charge < -0.3 is 9.64 Å². The Kier molecular flexibility index (Phi) is 5.54. The third kappa shape index (κ3) is 3.99. The van der Waals surface area contributed by atoms with Crippen LogP contribution in [0, 0.1) is 0 Å². The molecule has 1 N–H and O–H groups in total. The molecule has 1 aromatic heterocycles. The number of carbonyl (C=O) groups is 2. The third-order valence-corrected chi connectivity index (χ3v) is 7.03. The molecule has 158 valence electrons. The summed E-state index contributed by atoms with van der Waals surface area (Å²) in [5, 5.41) is 3.55. The fourth-order valence-corrected chi connectivity index (χ4v) is 5.53. The molecule has 0 radical (unpaired) electrons. The monoisotopic (exact) mass is 426 g/mol. The molecule has 2 amide bonds. The van der Waals surface area contributed by atoms with E-state index in [1.165, 1.54) is 16.9 Å². The number of aromatic nitrogens is 1. The molecular weight excluding hydrogens is 400 g/mol. The number of hydrogen-bond acceptors (Lipinski definition) is 6. The lowest BCUT2D eigenvalue weighted by atomic mass is 10.0. The van der Waals surface area contributed by atoms with E-state index >= 15 is 0 Å². The van der Waals surface area contributed by atoms with E-state index in [-0.39, 0.29) is 17.9 Å². The number of nitrogens with one attached hydrogen (secondary N) is 1. The summed E-state index contributed by atoms with van der Waals surface area (Å²) < 4.78 is 5.45. The zero-order valence-corrected chi connectivity index (χ0v) is 17.7. The first-order valence-corrected chi connectivity index (χ1v) is 11.5. The number of fused-ring (bicyclic) bond motifs is 2. The van der Waals surface area contributed by atoms with Gasteiger partial charge in [-0.25, -0.2) is 4.98 Å². The average Bonchev–Trinajstić information content (AvgIpc) is 3.42. The van der Waals surface area contributed by atoms with Crippen LogP contribution in [0.4, 0.5) is 10.8 Å². The van der Waals surface area contributed by atoms with Gasteiger partial charge in [-0.15, -0.1) is 11.3 Å². The zero-order valence-electron chi connectivity index (χ0n) is 16.9. The number of aryl methyl sites for hydroxylation is 1. The molecule has 1 fully saturated rings. The van der Waals surface area contributed by atoms with E-state index in [9.17, 15) is 9.59 Å². The molecule has 30 heavy (non-hydrogen) atoms. The predicted molar refractivity (Wildman–Crippen MR) is 116 cm³/mol. The molecular formula is C22H26N4O3S. The molecule has 0 aliphatic carbocycles. The van der Waals surface area contributed by atoms with Crippen LogP contribution in [0.15, 0.2) is 24.3 Å². The summed E-state index contributed by atoms with van der Waals surface area (Å²) in [7, 11) is 0. The van der Waals surface area contributed by atoms with Gasteiger partial charge in [-0.05, 0) is 37.3 Å². The van der Waals surface area contributed by atoms with Crippen molar-refractivity contribution in [2.45, 2.75) is 44.8 Å². The summed E-state index contributed by atoms with van der Waals surface area (Å²) in [6, 6.07) is 8.21. The Morgan fingerprint density at radius 2 is 2.10 bits per heavy atom. The highest BCUT2D eigenvalue weighted by Crippen LogP contribution is 2.30. The van der Waals surface area contributed by atoms with Gasteiger partial charge in [0.25, 0.3) is 5.91 Å². The van der Waals surface area contributed by atoms with Gasteiger partial charge in [-0.2, -0.15) is 0 Å². The van der Waals surface area contributed by atoms with Gasteiger partial charge in [0.1, 0.15) is 6.10 Å². The lowest BCUT2D eigenvalue weighted by molar-refractivity contribution is -0.124. The number of rotatable bonds is 4. The number of anilines is 2. The van der Waals surface area contributed by atoms with Crippen LogP contribution < -0.4 is 10.2 Å². The Bertz CT molecular complexity index is 954. The molecule has 4 heterocycles. The summed E-state index contributed by atoms with van der Waals surface area (Å²) in [5.74, 6) is 0.0522. The van der Waals surface area contributed by atoms with Gasteiger partial charge in [0.15, 0.2) is 5.13 Å². The number of hydrogen-bond donors (Lipinski definition) is 1. The van der Waals surface area contributed by atoms with E-state index in [1.54, 1.807) is 0 Å². The Balaban J connectivity index is 1.22. The quantitative estimate of drug-likeness (QED) is 0.814. The molecule has 8 heteroatoms. The number of ether oxygens (including phenoxy) is 1. The van der Waals surface area contributed by atoms with Crippen molar-refractivity contribution in [1.82, 2.24) is 9.88 Å². The highest BCUT2D eigenvalue weighted by Gasteiger charge is 2.28. The van der Waals surface area contributed by atoms with Gasteiger partial charge in [0.05, 0.1) is 12.2 Å². The molecule has 1 saturated heterocycles. The van der Waals surface area contributed by atoms with E-state index in [4.69, 9.17) is 4.74 Å². The summed E-state index contributed by atoms with van der Waals surface area (Å²) in [5.41, 5.74) is 3.35. The first kappa shape index (κ1) is 19.7. The second-order valence-corrected chi connectivity index (χ2v) is 9.20. The van der Waals surface area contributed by atoms with Crippen molar-refractivity contribution in [3.63, 3.8) is 0 Å². The van der Waals surface area contributed by atoms with Crippen LogP contribution in [-0.2, 0) is 33.7 Å². The fraction of sp³-hybridized carbons (Fsp3) is 0.500. The molecule has 7 nitrogen and oxygen atoms in total. The number of amides is 2. The van der Waals surface area contributed by atoms with Crippen molar-refractivity contribution in [3.8, 4) is 0 Å². The van der Waals surface area contributed by atoms with Crippen LogP contribution in [0.5, 0.6) is 0 Å². The number of benzene rings is 1. The van der Waals surface area contributed by atoms with Crippen molar-refractivity contribution in [3.05, 3.63) is 40.4 Å². The van der Waals surface area contributed by atoms with Crippen molar-refractivity contribution < 1.29 is 14.3 Å². The topological polar surface area (TPSA) is 74.8 Å². The summed E-state index contributed by atoms with van der Waals surface area (Å²) in [6.07, 6.45) is 4.19. The normalized spacial score (nSPS) is 21.2. The van der Waals surface area contributed by atoms with Crippen LogP contribution >= 0.6 is 11.3 Å². The number of thiazole rings is 1. The van der Waals surface area contributed by atoms with Gasteiger partial charge in [0, 0.05) is 43.2 Å². The van der Waals surface area contributed by atoms with Gasteiger partial charge in [-0.1, -0.05) is 18.2 Å². The van der Waals surface area contributed by atoms with Crippen molar-refractivity contribution in [2.75, 3.05) is 36.5 Å². The lowest BCUT2D eigenvalue weighted by Gasteiger charge is -2.32. The van der Waals surface area contributed by atoms with E-state index < -0.39 is 0 Å². The number of carbonyl (C=O) groups excluding carboxylic acids is 2. The van der Waals surface area contributed by atoms with Crippen LogP contribution in [0.1, 0.15) is 35.4 Å². The minimum atomic E-state index is -0.354. The Labute approximate surface area is 180 Å². The van der Waals surface area contributed by atoms with Crippen molar-refractivity contribution in [1.29, 1.82) is 0 Å². The fourth-order valence-electron chi connectivity index (χ4n) is 4.48. The lowest BCUT2D eigenvalue weighted by Crippen LogP contribution is -2.44. The molecule has 3 aliphatic rings. The SMILES string of the molecule is O=C(Nc1nc2c(s1)CN(CC(=O)N1CCCc3ccccc31)CC2)C1CCCO1. The standard InChI is InChI=1S/C22H26N4O3S/c27-20(26-10-3-6-15-5-1-2-7-17(15)26)14-25-11-9-16-19(13-25)30-22(23-16)24-21(28)18-8-4-12-29-18/h1-2,5,7,18H,3-4,6,8-14H2,(H,23,24,28). The van der Waals surface area contributed by atoms with Crippen LogP contribution in [0.2, 0.25) is 0 Å². The molecule has 3 aliphatic heterocycles. The Hall–Kier alpha value is -2.29. The van der Waals surface area contributed by atoms with E-state index in [0.29, 0.717) is 24.8 Å². The van der Waals surface area contributed by atoms with Gasteiger partial charge >= 0.3 is 0 Å². The largest absolute Gasteiger partial charge is 0.368 e. The number of nitrogens with zero attached hydrogens (tertiary/aromatic N) is 3. The Morgan fingerprint density at radius 3 is 2.97 bits per heavy atom. The highest BCUT2D eigenvalue weighted by atomic mass is 32.1. The van der Waals surface area contributed by atoms with E-state index in [1.807, 2.05) is 23.1 Å². The smallest absolute Gasteiger partial charge is 0.255 e. The molecule has 1 aromatic carbocycles. The molecule has 0 bridgehead atoms. The number of para-hydroxylation sites is 1. The second-order valence-electron chi connectivity index (χ2n) is 8.12. The van der Waals surface area contributed by atoms with E-state index in [2.05, 4.69) is 21.3 Å². The summed E-state index contributed by atoms with van der Waals surface area (Å²) >= 11 is 1.51. The summed E-state index contributed by atoms with van der Waals surface area (Å²) in [4.78, 5) is 35.2. The maximum absolute atomic E-state index is 13.0. The van der Waals surface area contributed by atoms with Crippen molar-refractivity contribution in [2.24, 2.45) is 0 Å². The minimum Gasteiger partial charge on any atom is -0.368 e.